The zero-order chi connectivity index (χ0) is 24.9. The van der Waals surface area contributed by atoms with Gasteiger partial charge >= 0.3 is 0 Å². The van der Waals surface area contributed by atoms with Gasteiger partial charge < -0.3 is 9.73 Å². The first kappa shape index (κ1) is 25.8. The van der Waals surface area contributed by atoms with E-state index >= 15 is 0 Å². The molecule has 1 N–H and O–H groups in total. The second-order valence-corrected chi connectivity index (χ2v) is 10.2. The SMILES string of the molecule is CNC(=O)/C(C#N)=C\c1ccc(CN(Cc2ccc(Cl)c(Cl)c2)S(=O)(=O)c2ccc(Cl)cc2)o1. The third kappa shape index (κ3) is 6.20. The van der Waals surface area contributed by atoms with Gasteiger partial charge in [-0.05, 0) is 54.1 Å². The molecular formula is C23H18Cl3N3O4S. The third-order valence-electron chi connectivity index (χ3n) is 4.69. The van der Waals surface area contributed by atoms with Crippen molar-refractivity contribution in [3.05, 3.63) is 92.3 Å². The first-order valence-electron chi connectivity index (χ1n) is 9.76. The van der Waals surface area contributed by atoms with Crippen LogP contribution in [0.1, 0.15) is 17.1 Å². The van der Waals surface area contributed by atoms with Gasteiger partial charge in [-0.3, -0.25) is 4.79 Å². The highest BCUT2D eigenvalue weighted by molar-refractivity contribution is 7.89. The highest BCUT2D eigenvalue weighted by atomic mass is 35.5. The number of likely N-dealkylation sites (N-methyl/N-ethyl adjacent to an activating group) is 1. The van der Waals surface area contributed by atoms with Crippen LogP contribution in [0.25, 0.3) is 6.08 Å². The van der Waals surface area contributed by atoms with Crippen molar-refractivity contribution >= 4 is 56.8 Å². The molecule has 1 amide bonds. The van der Waals surface area contributed by atoms with Crippen LogP contribution in [0.15, 0.2) is 69.5 Å². The minimum absolute atomic E-state index is 0.0184. The Morgan fingerprint density at radius 2 is 1.76 bits per heavy atom. The molecule has 0 fully saturated rings. The predicted molar refractivity (Wildman–Crippen MR) is 131 cm³/mol. The summed E-state index contributed by atoms with van der Waals surface area (Å²) in [7, 11) is -2.56. The lowest BCUT2D eigenvalue weighted by Crippen LogP contribution is -2.30. The van der Waals surface area contributed by atoms with Gasteiger partial charge in [-0.15, -0.1) is 0 Å². The summed E-state index contributed by atoms with van der Waals surface area (Å²) < 4.78 is 33.8. The Balaban J connectivity index is 1.96. The number of amides is 1. The molecule has 3 aromatic rings. The number of hydrogen-bond acceptors (Lipinski definition) is 5. The van der Waals surface area contributed by atoms with E-state index in [9.17, 15) is 13.2 Å². The number of carbonyl (C=O) groups is 1. The Labute approximate surface area is 212 Å². The molecule has 34 heavy (non-hydrogen) atoms. The smallest absolute Gasteiger partial charge is 0.261 e. The number of nitrogens with one attached hydrogen (secondary N) is 1. The van der Waals surface area contributed by atoms with E-state index in [-0.39, 0.29) is 29.3 Å². The number of rotatable bonds is 8. The molecule has 2 aromatic carbocycles. The number of carbonyl (C=O) groups excluding carboxylic acids is 1. The molecule has 3 rings (SSSR count). The summed E-state index contributed by atoms with van der Waals surface area (Å²) in [4.78, 5) is 11.8. The molecule has 11 heteroatoms. The van der Waals surface area contributed by atoms with Crippen molar-refractivity contribution < 1.29 is 17.6 Å². The van der Waals surface area contributed by atoms with E-state index in [1.165, 1.54) is 41.7 Å². The van der Waals surface area contributed by atoms with Crippen LogP contribution in [0, 0.1) is 11.3 Å². The first-order chi connectivity index (χ1) is 16.1. The van der Waals surface area contributed by atoms with Crippen molar-refractivity contribution in [3.8, 4) is 6.07 Å². The summed E-state index contributed by atoms with van der Waals surface area (Å²) in [5, 5.41) is 12.6. The van der Waals surface area contributed by atoms with Crippen LogP contribution < -0.4 is 5.32 Å². The van der Waals surface area contributed by atoms with Gasteiger partial charge in [0.05, 0.1) is 21.5 Å². The lowest BCUT2D eigenvalue weighted by molar-refractivity contribution is -0.116. The van der Waals surface area contributed by atoms with Crippen molar-refractivity contribution in [3.63, 3.8) is 0 Å². The Morgan fingerprint density at radius 1 is 1.06 bits per heavy atom. The molecule has 0 saturated carbocycles. The van der Waals surface area contributed by atoms with E-state index < -0.39 is 15.9 Å². The summed E-state index contributed by atoms with van der Waals surface area (Å²) >= 11 is 18.0. The zero-order valence-electron chi connectivity index (χ0n) is 17.8. The van der Waals surface area contributed by atoms with E-state index in [0.29, 0.717) is 26.4 Å². The predicted octanol–water partition coefficient (Wildman–Crippen LogP) is 5.28. The number of furan rings is 1. The maximum atomic E-state index is 13.4. The minimum atomic E-state index is -3.97. The second-order valence-electron chi connectivity index (χ2n) is 7.03. The summed E-state index contributed by atoms with van der Waals surface area (Å²) in [6, 6.07) is 15.6. The third-order valence-corrected chi connectivity index (χ3v) is 7.48. The van der Waals surface area contributed by atoms with Crippen LogP contribution in [-0.4, -0.2) is 25.7 Å². The van der Waals surface area contributed by atoms with E-state index in [0.717, 1.165) is 0 Å². The molecule has 0 aliphatic rings. The average molecular weight is 539 g/mol. The Kier molecular flexibility index (Phi) is 8.42. The van der Waals surface area contributed by atoms with Gasteiger partial charge in [-0.2, -0.15) is 9.57 Å². The fraction of sp³-hybridized carbons (Fsp3) is 0.130. The zero-order valence-corrected chi connectivity index (χ0v) is 20.8. The molecule has 0 spiro atoms. The normalized spacial score (nSPS) is 11.9. The van der Waals surface area contributed by atoms with Crippen molar-refractivity contribution in [2.45, 2.75) is 18.0 Å². The number of halogens is 3. The largest absolute Gasteiger partial charge is 0.460 e. The fourth-order valence-electron chi connectivity index (χ4n) is 2.98. The lowest BCUT2D eigenvalue weighted by atomic mass is 10.2. The number of nitriles is 1. The van der Waals surface area contributed by atoms with Crippen LogP contribution in [0.3, 0.4) is 0 Å². The second kappa shape index (κ2) is 11.1. The topological polar surface area (TPSA) is 103 Å². The Bertz CT molecular complexity index is 1380. The van der Waals surface area contributed by atoms with E-state index in [1.54, 1.807) is 36.4 Å². The van der Waals surface area contributed by atoms with Crippen LogP contribution in [0.2, 0.25) is 15.1 Å². The molecule has 0 bridgehead atoms. The lowest BCUT2D eigenvalue weighted by Gasteiger charge is -2.22. The van der Waals surface area contributed by atoms with Crippen molar-refractivity contribution in [2.24, 2.45) is 0 Å². The molecule has 0 aliphatic heterocycles. The number of benzene rings is 2. The summed E-state index contributed by atoms with van der Waals surface area (Å²) in [6.45, 7) is -0.143. The maximum absolute atomic E-state index is 13.4. The van der Waals surface area contributed by atoms with Gasteiger partial charge in [0.2, 0.25) is 10.0 Å². The van der Waals surface area contributed by atoms with Crippen LogP contribution in [-0.2, 0) is 27.9 Å². The summed E-state index contributed by atoms with van der Waals surface area (Å²) in [5.74, 6) is -0.0291. The molecule has 0 aliphatic carbocycles. The molecule has 0 radical (unpaired) electrons. The highest BCUT2D eigenvalue weighted by Gasteiger charge is 2.26. The van der Waals surface area contributed by atoms with Crippen molar-refractivity contribution in [1.82, 2.24) is 9.62 Å². The van der Waals surface area contributed by atoms with Crippen molar-refractivity contribution in [1.29, 1.82) is 5.26 Å². The fourth-order valence-corrected chi connectivity index (χ4v) is 4.82. The van der Waals surface area contributed by atoms with Crippen molar-refractivity contribution in [2.75, 3.05) is 7.05 Å². The molecule has 0 unspecified atom stereocenters. The average Bonchev–Trinajstić information content (AvgIpc) is 3.26. The molecule has 1 aromatic heterocycles. The maximum Gasteiger partial charge on any atom is 0.261 e. The number of sulfonamides is 1. The van der Waals surface area contributed by atoms with E-state index in [2.05, 4.69) is 5.32 Å². The molecule has 0 saturated heterocycles. The van der Waals surface area contributed by atoms with E-state index in [1.807, 2.05) is 0 Å². The summed E-state index contributed by atoms with van der Waals surface area (Å²) in [6.07, 6.45) is 1.28. The van der Waals surface area contributed by atoms with Crippen LogP contribution in [0.4, 0.5) is 0 Å². The highest BCUT2D eigenvalue weighted by Crippen LogP contribution is 2.27. The molecule has 1 heterocycles. The first-order valence-corrected chi connectivity index (χ1v) is 12.3. The molecule has 7 nitrogen and oxygen atoms in total. The molecule has 0 atom stereocenters. The van der Waals surface area contributed by atoms with Gasteiger partial charge in [-0.25, -0.2) is 8.42 Å². The van der Waals surface area contributed by atoms with Crippen LogP contribution >= 0.6 is 34.8 Å². The minimum Gasteiger partial charge on any atom is -0.460 e. The van der Waals surface area contributed by atoms with Gasteiger partial charge in [-0.1, -0.05) is 40.9 Å². The van der Waals surface area contributed by atoms with Gasteiger partial charge in [0.25, 0.3) is 5.91 Å². The quantitative estimate of drug-likeness (QED) is 0.310. The Hall–Kier alpha value is -2.80. The van der Waals surface area contributed by atoms with Crippen LogP contribution in [0.5, 0.6) is 0 Å². The number of nitrogens with zero attached hydrogens (tertiary/aromatic N) is 2. The van der Waals surface area contributed by atoms with Gasteiger partial charge in [0.15, 0.2) is 0 Å². The van der Waals surface area contributed by atoms with Gasteiger partial charge in [0, 0.05) is 24.7 Å². The molecular weight excluding hydrogens is 521 g/mol. The number of hydrogen-bond donors (Lipinski definition) is 1. The Morgan fingerprint density at radius 3 is 2.38 bits per heavy atom. The summed E-state index contributed by atoms with van der Waals surface area (Å²) in [5.41, 5.74) is 0.467. The van der Waals surface area contributed by atoms with Gasteiger partial charge in [0.1, 0.15) is 23.2 Å². The monoisotopic (exact) mass is 537 g/mol. The molecule has 176 valence electrons. The standard InChI is InChI=1S/C23H18Cl3N3O4S/c1-28-23(30)16(12-27)11-18-5-6-19(33-18)14-29(13-15-2-9-21(25)22(26)10-15)34(31,32)20-7-3-17(24)4-8-20/h2-11H,13-14H2,1H3,(H,28,30)/b16-11-. The van der Waals surface area contributed by atoms with E-state index in [4.69, 9.17) is 44.5 Å².